The molecule has 1 heterocycles. The fourth-order valence-corrected chi connectivity index (χ4v) is 3.90. The highest BCUT2D eigenvalue weighted by Gasteiger charge is 2.33. The van der Waals surface area contributed by atoms with Crippen LogP contribution in [0.25, 0.3) is 0 Å². The molecular formula is C20H31BN2O4. The summed E-state index contributed by atoms with van der Waals surface area (Å²) in [6.07, 6.45) is 2.14. The largest absolute Gasteiger partial charge is 0.488 e. The maximum Gasteiger partial charge on any atom is 0.488 e. The summed E-state index contributed by atoms with van der Waals surface area (Å²) in [6.45, 7) is 10.1. The minimum atomic E-state index is -1.40. The van der Waals surface area contributed by atoms with Gasteiger partial charge >= 0.3 is 13.2 Å². The molecule has 0 aromatic heterocycles. The van der Waals surface area contributed by atoms with Crippen molar-refractivity contribution in [2.45, 2.75) is 45.1 Å². The molecule has 1 saturated heterocycles. The van der Waals surface area contributed by atoms with Crippen LogP contribution in [0.4, 0.5) is 4.79 Å². The first-order valence-corrected chi connectivity index (χ1v) is 9.87. The Labute approximate surface area is 162 Å². The minimum Gasteiger partial charge on any atom is -0.444 e. The van der Waals surface area contributed by atoms with Crippen LogP contribution < -0.4 is 5.46 Å². The van der Waals surface area contributed by atoms with Crippen LogP contribution in [-0.2, 0) is 4.74 Å². The van der Waals surface area contributed by atoms with Gasteiger partial charge in [-0.3, -0.25) is 4.90 Å². The normalized spacial score (nSPS) is 23.7. The van der Waals surface area contributed by atoms with E-state index < -0.39 is 12.7 Å². The van der Waals surface area contributed by atoms with Gasteiger partial charge in [0, 0.05) is 32.7 Å². The number of amides is 1. The quantitative estimate of drug-likeness (QED) is 0.780. The predicted molar refractivity (Wildman–Crippen MR) is 106 cm³/mol. The van der Waals surface area contributed by atoms with Crippen LogP contribution in [0.15, 0.2) is 24.3 Å². The molecule has 0 atom stereocenters. The Kier molecular flexibility index (Phi) is 6.13. The molecule has 1 amide bonds. The standard InChI is InChI=1S/C20H31BN2O4/c1-20(2,3)27-19(24)23-10-8-22(9-11-23)14-15-12-17(13-15)16-4-6-18(7-5-16)21(25)26/h4-7,15,17,25-26H,8-14H2,1-3H3. The van der Waals surface area contributed by atoms with Crippen LogP contribution in [0.3, 0.4) is 0 Å². The van der Waals surface area contributed by atoms with E-state index in [2.05, 4.69) is 4.90 Å². The van der Waals surface area contributed by atoms with Gasteiger partial charge in [-0.2, -0.15) is 0 Å². The van der Waals surface area contributed by atoms with Gasteiger partial charge in [0.2, 0.25) is 0 Å². The van der Waals surface area contributed by atoms with Gasteiger partial charge in [0.1, 0.15) is 5.60 Å². The maximum atomic E-state index is 12.1. The van der Waals surface area contributed by atoms with Crippen LogP contribution in [0.2, 0.25) is 0 Å². The SMILES string of the molecule is CC(C)(C)OC(=O)N1CCN(CC2CC(c3ccc(B(O)O)cc3)C2)CC1. The molecule has 6 nitrogen and oxygen atoms in total. The Morgan fingerprint density at radius 3 is 2.22 bits per heavy atom. The number of benzene rings is 1. The molecule has 148 valence electrons. The number of hydrogen-bond donors (Lipinski definition) is 2. The van der Waals surface area contributed by atoms with Crippen molar-refractivity contribution in [3.8, 4) is 0 Å². The van der Waals surface area contributed by atoms with Crippen LogP contribution in [-0.4, -0.2) is 71.4 Å². The molecule has 1 aromatic carbocycles. The molecule has 1 saturated carbocycles. The highest BCUT2D eigenvalue weighted by molar-refractivity contribution is 6.58. The monoisotopic (exact) mass is 374 g/mol. The second kappa shape index (κ2) is 8.21. The van der Waals surface area contributed by atoms with Crippen molar-refractivity contribution >= 4 is 18.7 Å². The lowest BCUT2D eigenvalue weighted by molar-refractivity contribution is 0.0116. The summed E-state index contributed by atoms with van der Waals surface area (Å²) in [6, 6.07) is 7.61. The maximum absolute atomic E-state index is 12.1. The summed E-state index contributed by atoms with van der Waals surface area (Å²) in [5, 5.41) is 18.3. The van der Waals surface area contributed by atoms with Gasteiger partial charge in [-0.25, -0.2) is 4.79 Å². The lowest BCUT2D eigenvalue weighted by Crippen LogP contribution is -2.51. The zero-order valence-electron chi connectivity index (χ0n) is 16.6. The molecule has 0 spiro atoms. The summed E-state index contributed by atoms with van der Waals surface area (Å²) >= 11 is 0. The number of ether oxygens (including phenoxy) is 1. The highest BCUT2D eigenvalue weighted by Crippen LogP contribution is 2.41. The van der Waals surface area contributed by atoms with E-state index in [9.17, 15) is 14.8 Å². The molecule has 0 bridgehead atoms. The van der Waals surface area contributed by atoms with Crippen molar-refractivity contribution in [3.05, 3.63) is 29.8 Å². The van der Waals surface area contributed by atoms with Gasteiger partial charge in [-0.1, -0.05) is 24.3 Å². The fraction of sp³-hybridized carbons (Fsp3) is 0.650. The molecule has 1 aromatic rings. The van der Waals surface area contributed by atoms with Crippen LogP contribution >= 0.6 is 0 Å². The molecule has 2 aliphatic rings. The van der Waals surface area contributed by atoms with Gasteiger partial charge in [-0.05, 0) is 56.5 Å². The average molecular weight is 374 g/mol. The van der Waals surface area contributed by atoms with E-state index in [1.165, 1.54) is 18.4 Å². The molecule has 7 heteroatoms. The van der Waals surface area contributed by atoms with Crippen LogP contribution in [0.1, 0.15) is 45.1 Å². The van der Waals surface area contributed by atoms with Crippen molar-refractivity contribution in [2.24, 2.45) is 5.92 Å². The highest BCUT2D eigenvalue weighted by atomic mass is 16.6. The summed E-state index contributed by atoms with van der Waals surface area (Å²) in [5.74, 6) is 1.27. The molecule has 2 N–H and O–H groups in total. The van der Waals surface area contributed by atoms with E-state index in [-0.39, 0.29) is 6.09 Å². The topological polar surface area (TPSA) is 73.2 Å². The van der Waals surface area contributed by atoms with Gasteiger partial charge < -0.3 is 19.7 Å². The van der Waals surface area contributed by atoms with Crippen LogP contribution in [0, 0.1) is 5.92 Å². The molecular weight excluding hydrogens is 343 g/mol. The van der Waals surface area contributed by atoms with E-state index in [0.29, 0.717) is 17.3 Å². The average Bonchev–Trinajstić information content (AvgIpc) is 2.57. The molecule has 1 aliphatic carbocycles. The summed E-state index contributed by atoms with van der Waals surface area (Å²) < 4.78 is 5.45. The van der Waals surface area contributed by atoms with Gasteiger partial charge in [-0.15, -0.1) is 0 Å². The molecule has 3 rings (SSSR count). The Hall–Kier alpha value is -1.57. The molecule has 1 aliphatic heterocycles. The van der Waals surface area contributed by atoms with E-state index in [1.807, 2.05) is 37.8 Å². The van der Waals surface area contributed by atoms with Crippen molar-refractivity contribution in [3.63, 3.8) is 0 Å². The third kappa shape index (κ3) is 5.47. The van der Waals surface area contributed by atoms with E-state index >= 15 is 0 Å². The zero-order valence-corrected chi connectivity index (χ0v) is 16.6. The zero-order chi connectivity index (χ0) is 19.6. The Morgan fingerprint density at radius 2 is 1.70 bits per heavy atom. The first-order chi connectivity index (χ1) is 12.7. The van der Waals surface area contributed by atoms with Crippen molar-refractivity contribution < 1.29 is 19.6 Å². The number of rotatable bonds is 4. The Balaban J connectivity index is 1.38. The molecule has 0 unspecified atom stereocenters. The number of piperazine rings is 1. The molecule has 0 radical (unpaired) electrons. The molecule has 27 heavy (non-hydrogen) atoms. The third-order valence-electron chi connectivity index (χ3n) is 5.48. The van der Waals surface area contributed by atoms with Gasteiger partial charge in [0.15, 0.2) is 0 Å². The lowest BCUT2D eigenvalue weighted by atomic mass is 9.70. The van der Waals surface area contributed by atoms with Gasteiger partial charge in [0.25, 0.3) is 0 Å². The van der Waals surface area contributed by atoms with Gasteiger partial charge in [0.05, 0.1) is 0 Å². The van der Waals surface area contributed by atoms with Crippen molar-refractivity contribution in [2.75, 3.05) is 32.7 Å². The first kappa shape index (κ1) is 20.2. The van der Waals surface area contributed by atoms with E-state index in [1.54, 1.807) is 12.1 Å². The second-order valence-corrected chi connectivity index (χ2v) is 8.84. The third-order valence-corrected chi connectivity index (χ3v) is 5.48. The second-order valence-electron chi connectivity index (χ2n) is 8.84. The molecule has 2 fully saturated rings. The van der Waals surface area contributed by atoms with E-state index in [0.717, 1.165) is 32.7 Å². The van der Waals surface area contributed by atoms with E-state index in [4.69, 9.17) is 4.74 Å². The van der Waals surface area contributed by atoms with Crippen molar-refractivity contribution in [1.29, 1.82) is 0 Å². The minimum absolute atomic E-state index is 0.206. The lowest BCUT2D eigenvalue weighted by Gasteiger charge is -2.42. The summed E-state index contributed by atoms with van der Waals surface area (Å²) in [5.41, 5.74) is 1.38. The summed E-state index contributed by atoms with van der Waals surface area (Å²) in [7, 11) is -1.40. The fourth-order valence-electron chi connectivity index (χ4n) is 3.90. The number of carbonyl (C=O) groups excluding carboxylic acids is 1. The predicted octanol–water partition coefficient (Wildman–Crippen LogP) is 1.41. The number of hydrogen-bond acceptors (Lipinski definition) is 5. The Bertz CT molecular complexity index is 630. The Morgan fingerprint density at radius 1 is 1.11 bits per heavy atom. The van der Waals surface area contributed by atoms with Crippen LogP contribution in [0.5, 0.6) is 0 Å². The smallest absolute Gasteiger partial charge is 0.444 e. The first-order valence-electron chi connectivity index (χ1n) is 9.87. The number of carbonyl (C=O) groups is 1. The number of nitrogens with zero attached hydrogens (tertiary/aromatic N) is 2. The van der Waals surface area contributed by atoms with Crippen molar-refractivity contribution in [1.82, 2.24) is 9.80 Å². The summed E-state index contributed by atoms with van der Waals surface area (Å²) in [4.78, 5) is 16.4.